The van der Waals surface area contributed by atoms with Crippen LogP contribution < -0.4 is 15.4 Å². The van der Waals surface area contributed by atoms with Crippen molar-refractivity contribution in [1.29, 1.82) is 0 Å². The van der Waals surface area contributed by atoms with Gasteiger partial charge in [0.2, 0.25) is 5.91 Å². The van der Waals surface area contributed by atoms with Crippen molar-refractivity contribution in [3.05, 3.63) is 83.0 Å². The van der Waals surface area contributed by atoms with E-state index in [-0.39, 0.29) is 41.7 Å². The molecular weight excluding hydrogens is 876 g/mol. The van der Waals surface area contributed by atoms with Crippen molar-refractivity contribution in [2.45, 2.75) is 88.6 Å². The number of aromatic nitrogens is 2. The number of hydrogen-bond acceptors (Lipinski definition) is 11. The number of alkyl halides is 3. The molecule has 0 atom stereocenters. The van der Waals surface area contributed by atoms with E-state index in [4.69, 9.17) is 24.1 Å². The summed E-state index contributed by atoms with van der Waals surface area (Å²) in [5, 5.41) is 31.7. The average Bonchev–Trinajstić information content (AvgIpc) is 3.76. The standard InChI is InChI=1S/C46H59N7O7.C2HF3O2/c54-39-14-13-35(44-43(39)48-40(55)31-59-44)15-20-47-21-24-53(36-9-2-1-3-10-36)41(56)17-27-58-26-16-33-7-6-8-34(29-33)30-51-22-18-46(19-23-51)32-52(25-28-60-46)45(57)42-37-11-4-5-12-38(37)49-50-42;3-2(4,5)1(6)7/h4-8,11-14,29,36,47,54H,1-3,9-10,15-28,30-32H2,(H,48,55)(H,49,50);(H,6,7). The number of nitrogens with zero attached hydrogens (tertiary/aromatic N) is 4. The fourth-order valence-electron chi connectivity index (χ4n) is 9.31. The number of rotatable bonds is 16. The van der Waals surface area contributed by atoms with Gasteiger partial charge in [-0.2, -0.15) is 18.3 Å². The molecule has 4 aliphatic rings. The second-order valence-electron chi connectivity index (χ2n) is 17.6. The predicted octanol–water partition coefficient (Wildman–Crippen LogP) is 5.68. The van der Waals surface area contributed by atoms with Gasteiger partial charge in [0.05, 0.1) is 43.9 Å². The van der Waals surface area contributed by atoms with Gasteiger partial charge in [0.15, 0.2) is 18.1 Å². The molecule has 4 heterocycles. The van der Waals surface area contributed by atoms with Crippen LogP contribution >= 0.6 is 0 Å². The van der Waals surface area contributed by atoms with E-state index in [0.717, 1.165) is 81.0 Å². The molecule has 1 saturated carbocycles. The number of phenolic OH excluding ortho intramolecular Hbond substituents is 1. The van der Waals surface area contributed by atoms with Crippen molar-refractivity contribution in [3.8, 4) is 11.5 Å². The molecule has 3 amide bonds. The van der Waals surface area contributed by atoms with Gasteiger partial charge in [-0.15, -0.1) is 0 Å². The Labute approximate surface area is 387 Å². The minimum Gasteiger partial charge on any atom is -0.506 e. The van der Waals surface area contributed by atoms with E-state index >= 15 is 0 Å². The Morgan fingerprint density at radius 1 is 0.955 bits per heavy atom. The van der Waals surface area contributed by atoms with Gasteiger partial charge in [0.1, 0.15) is 11.4 Å². The predicted molar refractivity (Wildman–Crippen MR) is 242 cm³/mol. The summed E-state index contributed by atoms with van der Waals surface area (Å²) in [6, 6.07) is 20.1. The van der Waals surface area contributed by atoms with Crippen LogP contribution in [-0.4, -0.2) is 149 Å². The van der Waals surface area contributed by atoms with Crippen LogP contribution in [0.2, 0.25) is 0 Å². The minimum absolute atomic E-state index is 0.00572. The zero-order valence-corrected chi connectivity index (χ0v) is 37.6. The molecule has 1 aromatic heterocycles. The van der Waals surface area contributed by atoms with Crippen molar-refractivity contribution in [2.24, 2.45) is 0 Å². The zero-order chi connectivity index (χ0) is 47.4. The summed E-state index contributed by atoms with van der Waals surface area (Å²) in [5.41, 5.74) is 4.76. The lowest BCUT2D eigenvalue weighted by molar-refractivity contribution is -0.192. The fourth-order valence-corrected chi connectivity index (χ4v) is 9.31. The van der Waals surface area contributed by atoms with Crippen LogP contribution in [0.3, 0.4) is 0 Å². The number of benzene rings is 3. The maximum Gasteiger partial charge on any atom is 0.490 e. The number of aromatic amines is 1. The van der Waals surface area contributed by atoms with Gasteiger partial charge in [-0.05, 0) is 73.9 Å². The van der Waals surface area contributed by atoms with Crippen LogP contribution in [0.4, 0.5) is 18.9 Å². The van der Waals surface area contributed by atoms with Gasteiger partial charge >= 0.3 is 12.1 Å². The molecule has 1 aliphatic carbocycles. The van der Waals surface area contributed by atoms with Crippen molar-refractivity contribution in [2.75, 3.05) is 77.6 Å². The lowest BCUT2D eigenvalue weighted by Crippen LogP contribution is -2.58. The van der Waals surface area contributed by atoms with Crippen LogP contribution in [0.1, 0.15) is 78.5 Å². The highest BCUT2D eigenvalue weighted by Gasteiger charge is 2.42. The Morgan fingerprint density at radius 3 is 2.49 bits per heavy atom. The number of ether oxygens (including phenoxy) is 3. The summed E-state index contributed by atoms with van der Waals surface area (Å²) >= 11 is 0. The molecule has 5 N–H and O–H groups in total. The summed E-state index contributed by atoms with van der Waals surface area (Å²) in [6.07, 6.45) is 4.10. The van der Waals surface area contributed by atoms with E-state index in [1.165, 1.54) is 17.5 Å². The highest BCUT2D eigenvalue weighted by molar-refractivity contribution is 6.04. The van der Waals surface area contributed by atoms with Crippen LogP contribution in [0.25, 0.3) is 10.9 Å². The molecule has 3 aliphatic heterocycles. The molecule has 2 saturated heterocycles. The fraction of sp³-hybridized carbons (Fsp3) is 0.521. The highest BCUT2D eigenvalue weighted by atomic mass is 19.4. The number of para-hydroxylation sites is 1. The second kappa shape index (κ2) is 22.8. The van der Waals surface area contributed by atoms with E-state index in [2.05, 4.69) is 54.9 Å². The molecule has 16 nitrogen and oxygen atoms in total. The third-order valence-corrected chi connectivity index (χ3v) is 12.9. The van der Waals surface area contributed by atoms with Crippen LogP contribution in [0, 0.1) is 0 Å². The summed E-state index contributed by atoms with van der Waals surface area (Å²) in [5.74, 6) is -2.41. The SMILES string of the molecule is O=C(O)C(F)(F)F.O=C1COc2c(CCNCCN(C(=O)CCOCCc3cccc(CN4CCC5(CC4)CN(C(=O)c4n[nH]c6ccccc46)CCO5)c3)C3CCCCC3)ccc(O)c2N1. The number of H-pyrrole nitrogens is 1. The van der Waals surface area contributed by atoms with Crippen LogP contribution in [-0.2, 0) is 43.2 Å². The first-order valence-electron chi connectivity index (χ1n) is 23.1. The molecule has 8 rings (SSSR count). The number of halogens is 3. The number of piperidine rings is 1. The number of hydrogen-bond donors (Lipinski definition) is 5. The van der Waals surface area contributed by atoms with Gasteiger partial charge in [0, 0.05) is 50.7 Å². The van der Waals surface area contributed by atoms with E-state index in [1.54, 1.807) is 6.07 Å². The molecule has 67 heavy (non-hydrogen) atoms. The number of carboxylic acid groups (broad SMARTS) is 1. The Balaban J connectivity index is 0.000000883. The first kappa shape index (κ1) is 49.2. The topological polar surface area (TPSA) is 199 Å². The number of likely N-dealkylation sites (tertiary alicyclic amines) is 1. The van der Waals surface area contributed by atoms with Gasteiger partial charge in [-0.25, -0.2) is 4.79 Å². The Bertz CT molecular complexity index is 2330. The van der Waals surface area contributed by atoms with Crippen molar-refractivity contribution >= 4 is 40.3 Å². The van der Waals surface area contributed by atoms with Crippen molar-refractivity contribution < 1.29 is 56.8 Å². The number of phenols is 1. The first-order valence-corrected chi connectivity index (χ1v) is 23.1. The summed E-state index contributed by atoms with van der Waals surface area (Å²) in [7, 11) is 0. The summed E-state index contributed by atoms with van der Waals surface area (Å²) in [4.78, 5) is 54.2. The van der Waals surface area contributed by atoms with E-state index < -0.39 is 12.1 Å². The number of carbonyl (C=O) groups is 4. The lowest BCUT2D eigenvalue weighted by Gasteiger charge is -2.47. The number of morpholine rings is 1. The zero-order valence-electron chi connectivity index (χ0n) is 37.6. The molecular formula is C48H60F3N7O9. The number of aliphatic carboxylic acids is 1. The molecule has 1 spiro atoms. The number of fused-ring (bicyclic) bond motifs is 2. The molecule has 0 radical (unpaired) electrons. The van der Waals surface area contributed by atoms with Gasteiger partial charge in [-0.1, -0.05) is 67.8 Å². The van der Waals surface area contributed by atoms with E-state index in [9.17, 15) is 32.7 Å². The molecule has 4 aromatic rings. The third kappa shape index (κ3) is 13.2. The number of carboxylic acids is 1. The van der Waals surface area contributed by atoms with E-state index in [1.807, 2.05) is 35.2 Å². The van der Waals surface area contributed by atoms with Crippen LogP contribution in [0.5, 0.6) is 11.5 Å². The average molecular weight is 936 g/mol. The second-order valence-corrected chi connectivity index (χ2v) is 17.6. The normalized spacial score (nSPS) is 17.5. The van der Waals surface area contributed by atoms with Crippen molar-refractivity contribution in [3.63, 3.8) is 0 Å². The summed E-state index contributed by atoms with van der Waals surface area (Å²) in [6.45, 7) is 7.25. The Hall–Kier alpha value is -5.76. The number of nitrogens with one attached hydrogen (secondary N) is 3. The smallest absolute Gasteiger partial charge is 0.490 e. The molecule has 0 bridgehead atoms. The number of amides is 3. The lowest BCUT2D eigenvalue weighted by atomic mass is 9.89. The monoisotopic (exact) mass is 935 g/mol. The number of anilines is 1. The van der Waals surface area contributed by atoms with Crippen LogP contribution in [0.15, 0.2) is 60.7 Å². The Kier molecular flexibility index (Phi) is 16.7. The molecule has 0 unspecified atom stereocenters. The number of carbonyl (C=O) groups excluding carboxylic acids is 3. The largest absolute Gasteiger partial charge is 0.506 e. The minimum atomic E-state index is -5.08. The molecule has 3 aromatic carbocycles. The first-order chi connectivity index (χ1) is 32.3. The quantitative estimate of drug-likeness (QED) is 0.0682. The molecule has 362 valence electrons. The third-order valence-electron chi connectivity index (χ3n) is 12.9. The highest BCUT2D eigenvalue weighted by Crippen LogP contribution is 2.39. The maximum absolute atomic E-state index is 13.6. The van der Waals surface area contributed by atoms with E-state index in [0.29, 0.717) is 82.5 Å². The molecule has 19 heteroatoms. The molecule has 3 fully saturated rings. The van der Waals surface area contributed by atoms with Crippen molar-refractivity contribution in [1.82, 2.24) is 30.2 Å². The Morgan fingerprint density at radius 2 is 1.72 bits per heavy atom. The number of aromatic hydroxyl groups is 1. The van der Waals surface area contributed by atoms with Gasteiger partial charge < -0.3 is 44.9 Å². The van der Waals surface area contributed by atoms with Gasteiger partial charge in [0.25, 0.3) is 11.8 Å². The van der Waals surface area contributed by atoms with Gasteiger partial charge in [-0.3, -0.25) is 24.4 Å². The summed E-state index contributed by atoms with van der Waals surface area (Å²) < 4.78 is 49.8. The maximum atomic E-state index is 13.6.